The molecule has 1 heterocycles. The molecule has 20 heavy (non-hydrogen) atoms. The lowest BCUT2D eigenvalue weighted by atomic mass is 10.1. The maximum atomic E-state index is 12.1. The van der Waals surface area contributed by atoms with E-state index in [4.69, 9.17) is 15.4 Å². The van der Waals surface area contributed by atoms with Gasteiger partial charge in [0.2, 0.25) is 5.76 Å². The number of nitrogens with two attached hydrogens (primary N) is 1. The van der Waals surface area contributed by atoms with Crippen LogP contribution in [0, 0.1) is 6.92 Å². The van der Waals surface area contributed by atoms with Crippen LogP contribution in [0.5, 0.6) is 0 Å². The van der Waals surface area contributed by atoms with E-state index in [1.54, 1.807) is 6.92 Å². The standard InChI is InChI=1S/C13H13N3O4/c1-7-5-11(20-15-7)12(17)16(2)10-4-3-8(13(18)19)6-9(10)14/h3-6H,14H2,1-2H3,(H,18,19). The van der Waals surface area contributed by atoms with Gasteiger partial charge in [0.25, 0.3) is 5.91 Å². The molecule has 0 saturated heterocycles. The predicted molar refractivity (Wildman–Crippen MR) is 71.8 cm³/mol. The third-order valence-corrected chi connectivity index (χ3v) is 2.78. The number of amides is 1. The Balaban J connectivity index is 2.31. The average molecular weight is 275 g/mol. The van der Waals surface area contributed by atoms with E-state index in [9.17, 15) is 9.59 Å². The van der Waals surface area contributed by atoms with Gasteiger partial charge in [-0.2, -0.15) is 0 Å². The number of aromatic nitrogens is 1. The Morgan fingerprint density at radius 2 is 2.05 bits per heavy atom. The maximum absolute atomic E-state index is 12.1. The van der Waals surface area contributed by atoms with Gasteiger partial charge in [-0.15, -0.1) is 0 Å². The minimum Gasteiger partial charge on any atom is -0.478 e. The van der Waals surface area contributed by atoms with Crippen LogP contribution in [-0.4, -0.2) is 29.2 Å². The van der Waals surface area contributed by atoms with Crippen molar-refractivity contribution in [3.8, 4) is 0 Å². The van der Waals surface area contributed by atoms with Crippen LogP contribution in [0.3, 0.4) is 0 Å². The number of hydrogen-bond donors (Lipinski definition) is 2. The molecular formula is C13H13N3O4. The minimum atomic E-state index is -1.08. The van der Waals surface area contributed by atoms with E-state index in [2.05, 4.69) is 5.16 Å². The summed E-state index contributed by atoms with van der Waals surface area (Å²) in [4.78, 5) is 24.3. The maximum Gasteiger partial charge on any atom is 0.335 e. The normalized spacial score (nSPS) is 10.3. The fraction of sp³-hybridized carbons (Fsp3) is 0.154. The van der Waals surface area contributed by atoms with E-state index in [1.165, 1.54) is 36.2 Å². The number of carboxylic acid groups (broad SMARTS) is 1. The first-order chi connectivity index (χ1) is 9.40. The van der Waals surface area contributed by atoms with Crippen molar-refractivity contribution in [2.45, 2.75) is 6.92 Å². The van der Waals surface area contributed by atoms with E-state index in [0.29, 0.717) is 11.4 Å². The zero-order chi connectivity index (χ0) is 14.9. The Bertz CT molecular complexity index is 678. The number of anilines is 2. The van der Waals surface area contributed by atoms with E-state index >= 15 is 0 Å². The molecule has 0 saturated carbocycles. The van der Waals surface area contributed by atoms with Gasteiger partial charge in [-0.3, -0.25) is 4.79 Å². The van der Waals surface area contributed by atoms with Crippen LogP contribution in [0.4, 0.5) is 11.4 Å². The summed E-state index contributed by atoms with van der Waals surface area (Å²) in [6.45, 7) is 1.70. The molecule has 7 heteroatoms. The number of aryl methyl sites for hydroxylation is 1. The number of carbonyl (C=O) groups excluding carboxylic acids is 1. The number of nitrogen functional groups attached to an aromatic ring is 1. The number of hydrogen-bond acceptors (Lipinski definition) is 5. The summed E-state index contributed by atoms with van der Waals surface area (Å²) < 4.78 is 4.89. The summed E-state index contributed by atoms with van der Waals surface area (Å²) in [6.07, 6.45) is 0. The number of aromatic carboxylic acids is 1. The highest BCUT2D eigenvalue weighted by Gasteiger charge is 2.20. The highest BCUT2D eigenvalue weighted by molar-refractivity contribution is 6.06. The first-order valence-electron chi connectivity index (χ1n) is 5.74. The Morgan fingerprint density at radius 1 is 1.35 bits per heavy atom. The SMILES string of the molecule is Cc1cc(C(=O)N(C)c2ccc(C(=O)O)cc2N)on1. The lowest BCUT2D eigenvalue weighted by Crippen LogP contribution is -2.26. The molecule has 104 valence electrons. The number of carbonyl (C=O) groups is 2. The lowest BCUT2D eigenvalue weighted by Gasteiger charge is -2.17. The molecule has 0 spiro atoms. The van der Waals surface area contributed by atoms with Crippen molar-refractivity contribution >= 4 is 23.3 Å². The number of rotatable bonds is 3. The van der Waals surface area contributed by atoms with Gasteiger partial charge >= 0.3 is 5.97 Å². The van der Waals surface area contributed by atoms with Crippen LogP contribution >= 0.6 is 0 Å². The molecule has 0 radical (unpaired) electrons. The van der Waals surface area contributed by atoms with E-state index in [0.717, 1.165) is 0 Å². The molecule has 3 N–H and O–H groups in total. The topological polar surface area (TPSA) is 110 Å². The fourth-order valence-corrected chi connectivity index (χ4v) is 1.73. The summed E-state index contributed by atoms with van der Waals surface area (Å²) in [7, 11) is 1.52. The Kier molecular flexibility index (Phi) is 3.43. The number of nitrogens with zero attached hydrogens (tertiary/aromatic N) is 2. The largest absolute Gasteiger partial charge is 0.478 e. The van der Waals surface area contributed by atoms with Crippen LogP contribution in [0.2, 0.25) is 0 Å². The second-order valence-electron chi connectivity index (χ2n) is 4.28. The molecule has 0 aliphatic heterocycles. The summed E-state index contributed by atoms with van der Waals surface area (Å²) >= 11 is 0. The van der Waals surface area contributed by atoms with Crippen molar-refractivity contribution in [1.82, 2.24) is 5.16 Å². The predicted octanol–water partition coefficient (Wildman–Crippen LogP) is 1.54. The smallest absolute Gasteiger partial charge is 0.335 e. The van der Waals surface area contributed by atoms with E-state index in [1.807, 2.05) is 0 Å². The van der Waals surface area contributed by atoms with Crippen LogP contribution in [0.25, 0.3) is 0 Å². The summed E-state index contributed by atoms with van der Waals surface area (Å²) in [5, 5.41) is 12.5. The molecule has 2 rings (SSSR count). The molecule has 0 bridgehead atoms. The zero-order valence-corrected chi connectivity index (χ0v) is 11.0. The fourth-order valence-electron chi connectivity index (χ4n) is 1.73. The van der Waals surface area contributed by atoms with Crippen LogP contribution in [0.1, 0.15) is 26.6 Å². The first kappa shape index (κ1) is 13.6. The van der Waals surface area contributed by atoms with Crippen LogP contribution in [0.15, 0.2) is 28.8 Å². The van der Waals surface area contributed by atoms with Gasteiger partial charge in [0.05, 0.1) is 22.6 Å². The first-order valence-corrected chi connectivity index (χ1v) is 5.74. The molecule has 2 aromatic rings. The van der Waals surface area contributed by atoms with Gasteiger partial charge < -0.3 is 20.3 Å². The summed E-state index contributed by atoms with van der Waals surface area (Å²) in [5.41, 5.74) is 7.02. The summed E-state index contributed by atoms with van der Waals surface area (Å²) in [6, 6.07) is 5.66. The molecule has 0 atom stereocenters. The number of benzene rings is 1. The van der Waals surface area contributed by atoms with E-state index < -0.39 is 11.9 Å². The molecule has 0 unspecified atom stereocenters. The minimum absolute atomic E-state index is 0.0580. The Hall–Kier alpha value is -2.83. The van der Waals surface area contributed by atoms with Gasteiger partial charge in [-0.05, 0) is 25.1 Å². The monoisotopic (exact) mass is 275 g/mol. The van der Waals surface area contributed by atoms with Crippen molar-refractivity contribution in [2.24, 2.45) is 0 Å². The molecule has 1 amide bonds. The van der Waals surface area contributed by atoms with Gasteiger partial charge in [0.1, 0.15) is 0 Å². The molecule has 7 nitrogen and oxygen atoms in total. The molecule has 0 aliphatic rings. The Labute approximate surface area is 114 Å². The van der Waals surface area contributed by atoms with Crippen molar-refractivity contribution in [2.75, 3.05) is 17.7 Å². The molecule has 1 aromatic heterocycles. The van der Waals surface area contributed by atoms with Crippen LogP contribution in [-0.2, 0) is 0 Å². The lowest BCUT2D eigenvalue weighted by molar-refractivity contribution is 0.0697. The third kappa shape index (κ3) is 2.46. The van der Waals surface area contributed by atoms with Crippen LogP contribution < -0.4 is 10.6 Å². The molecular weight excluding hydrogens is 262 g/mol. The van der Waals surface area contributed by atoms with Crippen molar-refractivity contribution in [3.05, 3.63) is 41.3 Å². The second-order valence-corrected chi connectivity index (χ2v) is 4.28. The highest BCUT2D eigenvalue weighted by atomic mass is 16.5. The molecule has 0 aliphatic carbocycles. The van der Waals surface area contributed by atoms with Gasteiger partial charge in [-0.25, -0.2) is 4.79 Å². The molecule has 0 fully saturated rings. The summed E-state index contributed by atoms with van der Waals surface area (Å²) in [5.74, 6) is -1.41. The second kappa shape index (κ2) is 5.04. The van der Waals surface area contributed by atoms with Gasteiger partial charge in [0.15, 0.2) is 0 Å². The highest BCUT2D eigenvalue weighted by Crippen LogP contribution is 2.25. The quantitative estimate of drug-likeness (QED) is 0.822. The van der Waals surface area contributed by atoms with Crippen molar-refractivity contribution in [3.63, 3.8) is 0 Å². The zero-order valence-electron chi connectivity index (χ0n) is 11.0. The van der Waals surface area contributed by atoms with Crippen molar-refractivity contribution in [1.29, 1.82) is 0 Å². The van der Waals surface area contributed by atoms with Gasteiger partial charge in [0, 0.05) is 13.1 Å². The average Bonchev–Trinajstić information content (AvgIpc) is 2.83. The van der Waals surface area contributed by atoms with E-state index in [-0.39, 0.29) is 17.0 Å². The molecule has 1 aromatic carbocycles. The van der Waals surface area contributed by atoms with Gasteiger partial charge in [-0.1, -0.05) is 5.16 Å². The Morgan fingerprint density at radius 3 is 2.55 bits per heavy atom. The van der Waals surface area contributed by atoms with Crippen molar-refractivity contribution < 1.29 is 19.2 Å². The third-order valence-electron chi connectivity index (χ3n) is 2.78. The number of carboxylic acids is 1.